The Morgan fingerprint density at radius 1 is 1.23 bits per heavy atom. The van der Waals surface area contributed by atoms with Crippen molar-refractivity contribution >= 4 is 12.0 Å². The van der Waals surface area contributed by atoms with Crippen LogP contribution in [0.5, 0.6) is 11.5 Å². The van der Waals surface area contributed by atoms with Crippen LogP contribution in [0.4, 0.5) is 4.39 Å². The van der Waals surface area contributed by atoms with E-state index in [0.717, 1.165) is 33.4 Å². The van der Waals surface area contributed by atoms with Gasteiger partial charge in [0.2, 0.25) is 0 Å². The lowest BCUT2D eigenvalue weighted by Gasteiger charge is -2.25. The van der Waals surface area contributed by atoms with Gasteiger partial charge in [0.05, 0.1) is 12.5 Å². The summed E-state index contributed by atoms with van der Waals surface area (Å²) in [5.74, 6) is 0.650. The number of rotatable bonds is 7. The van der Waals surface area contributed by atoms with Crippen LogP contribution < -0.4 is 9.47 Å². The third-order valence-corrected chi connectivity index (χ3v) is 7.06. The molecular weight excluding hydrogens is 497 g/mol. The number of carbonyl (C=O) groups excluding carboxylic acids is 1. The second kappa shape index (κ2) is 10.8. The predicted octanol–water partition coefficient (Wildman–Crippen LogP) is 6.38. The molecule has 0 saturated carbocycles. The van der Waals surface area contributed by atoms with E-state index >= 15 is 0 Å². The van der Waals surface area contributed by atoms with Crippen molar-refractivity contribution in [2.45, 2.75) is 77.3 Å². The van der Waals surface area contributed by atoms with Gasteiger partial charge in [-0.2, -0.15) is 0 Å². The van der Waals surface area contributed by atoms with E-state index in [1.807, 2.05) is 24.3 Å². The fourth-order valence-electron chi connectivity index (χ4n) is 5.46. The Labute approximate surface area is 228 Å². The number of nitrogens with zero attached hydrogens (tertiary/aromatic N) is 1. The molecule has 2 aromatic carbocycles. The Hall–Kier alpha value is -3.71. The standard InChI is InChI=1S/C32H34FNO5/c1-19(2)28-25(12-11-24-14-23(35)15-27(36)38-24)29(21-7-9-22(33)10-8-21)31(30-26(28)16-32(3,4)39-30)37-18-20-6-5-13-34-17-20/h5-13,17,19,23-24,35H,14-16,18H2,1-4H3/b12-11+. The summed E-state index contributed by atoms with van der Waals surface area (Å²) in [7, 11) is 0. The number of cyclic esters (lactones) is 1. The monoisotopic (exact) mass is 531 g/mol. The van der Waals surface area contributed by atoms with Gasteiger partial charge in [-0.25, -0.2) is 4.39 Å². The van der Waals surface area contributed by atoms with Crippen LogP contribution in [0.15, 0.2) is 54.9 Å². The summed E-state index contributed by atoms with van der Waals surface area (Å²) in [5, 5.41) is 10.1. The number of benzene rings is 2. The quantitative estimate of drug-likeness (QED) is 0.356. The molecule has 0 radical (unpaired) electrons. The Morgan fingerprint density at radius 2 is 2.00 bits per heavy atom. The van der Waals surface area contributed by atoms with Crippen LogP contribution in [-0.4, -0.2) is 33.9 Å². The van der Waals surface area contributed by atoms with Crippen molar-refractivity contribution in [1.29, 1.82) is 0 Å². The predicted molar refractivity (Wildman–Crippen MR) is 147 cm³/mol. The molecule has 7 heteroatoms. The number of halogens is 1. The summed E-state index contributed by atoms with van der Waals surface area (Å²) in [6.45, 7) is 8.64. The molecule has 0 bridgehead atoms. The van der Waals surface area contributed by atoms with Crippen LogP contribution in [0, 0.1) is 5.82 Å². The van der Waals surface area contributed by atoms with E-state index < -0.39 is 23.8 Å². The summed E-state index contributed by atoms with van der Waals surface area (Å²) in [6, 6.07) is 10.1. The molecule has 3 heterocycles. The van der Waals surface area contributed by atoms with E-state index in [1.54, 1.807) is 24.5 Å². The minimum Gasteiger partial charge on any atom is -0.484 e. The maximum absolute atomic E-state index is 14.0. The highest BCUT2D eigenvalue weighted by Crippen LogP contribution is 2.53. The van der Waals surface area contributed by atoms with Gasteiger partial charge in [0.15, 0.2) is 11.5 Å². The molecule has 1 N–H and O–H groups in total. The highest BCUT2D eigenvalue weighted by molar-refractivity contribution is 5.87. The number of fused-ring (bicyclic) bond motifs is 1. The van der Waals surface area contributed by atoms with E-state index in [4.69, 9.17) is 14.2 Å². The molecule has 5 rings (SSSR count). The lowest BCUT2D eigenvalue weighted by Crippen LogP contribution is -2.31. The molecule has 0 aliphatic carbocycles. The largest absolute Gasteiger partial charge is 0.484 e. The normalized spacial score (nSPS) is 20.1. The van der Waals surface area contributed by atoms with Gasteiger partial charge < -0.3 is 19.3 Å². The molecule has 204 valence electrons. The number of aromatic nitrogens is 1. The Balaban J connectivity index is 1.72. The summed E-state index contributed by atoms with van der Waals surface area (Å²) >= 11 is 0. The molecule has 2 unspecified atom stereocenters. The molecular formula is C32H34FNO5. The van der Waals surface area contributed by atoms with Gasteiger partial charge in [0, 0.05) is 41.9 Å². The lowest BCUT2D eigenvalue weighted by atomic mass is 9.83. The number of hydrogen-bond donors (Lipinski definition) is 1. The van der Waals surface area contributed by atoms with E-state index in [1.165, 1.54) is 12.1 Å². The second-order valence-electron chi connectivity index (χ2n) is 11.2. The maximum atomic E-state index is 14.0. The van der Waals surface area contributed by atoms with Gasteiger partial charge in [0.1, 0.15) is 24.1 Å². The van der Waals surface area contributed by atoms with Crippen LogP contribution >= 0.6 is 0 Å². The van der Waals surface area contributed by atoms with Gasteiger partial charge in [0.25, 0.3) is 0 Å². The minimum atomic E-state index is -0.741. The van der Waals surface area contributed by atoms with Crippen molar-refractivity contribution in [1.82, 2.24) is 4.98 Å². The zero-order valence-electron chi connectivity index (χ0n) is 22.7. The SMILES string of the molecule is CC(C)c1c(/C=C/C2CC(O)CC(=O)O2)c(-c2ccc(F)cc2)c(OCc2cccnc2)c2c1CC(C)(C)O2. The Bertz CT molecular complexity index is 1380. The molecule has 2 aliphatic heterocycles. The Kier molecular flexibility index (Phi) is 7.45. The first-order valence-corrected chi connectivity index (χ1v) is 13.4. The first-order chi connectivity index (χ1) is 18.6. The van der Waals surface area contributed by atoms with Crippen LogP contribution in [0.3, 0.4) is 0 Å². The van der Waals surface area contributed by atoms with E-state index in [9.17, 15) is 14.3 Å². The van der Waals surface area contributed by atoms with Crippen molar-refractivity contribution < 1.29 is 28.5 Å². The maximum Gasteiger partial charge on any atom is 0.309 e. The van der Waals surface area contributed by atoms with Crippen molar-refractivity contribution in [3.8, 4) is 22.6 Å². The fraction of sp³-hybridized carbons (Fsp3) is 0.375. The topological polar surface area (TPSA) is 77.9 Å². The summed E-state index contributed by atoms with van der Waals surface area (Å²) in [6.07, 6.45) is 6.98. The highest BCUT2D eigenvalue weighted by atomic mass is 19.1. The van der Waals surface area contributed by atoms with Gasteiger partial charge in [-0.15, -0.1) is 0 Å². The zero-order valence-corrected chi connectivity index (χ0v) is 22.7. The first kappa shape index (κ1) is 26.9. The molecule has 1 saturated heterocycles. The van der Waals surface area contributed by atoms with Crippen LogP contribution in [-0.2, 0) is 22.6 Å². The molecule has 1 aromatic heterocycles. The third-order valence-electron chi connectivity index (χ3n) is 7.06. The van der Waals surface area contributed by atoms with Crippen LogP contribution in [0.25, 0.3) is 17.2 Å². The third kappa shape index (κ3) is 5.83. The number of aliphatic hydroxyl groups excluding tert-OH is 1. The number of carbonyl (C=O) groups is 1. The molecule has 0 spiro atoms. The first-order valence-electron chi connectivity index (χ1n) is 13.4. The number of hydrogen-bond acceptors (Lipinski definition) is 6. The second-order valence-corrected chi connectivity index (χ2v) is 11.2. The molecule has 3 aromatic rings. The smallest absolute Gasteiger partial charge is 0.309 e. The molecule has 2 aliphatic rings. The van der Waals surface area contributed by atoms with Crippen molar-refractivity contribution in [2.75, 3.05) is 0 Å². The molecule has 6 nitrogen and oxygen atoms in total. The highest BCUT2D eigenvalue weighted by Gasteiger charge is 2.38. The van der Waals surface area contributed by atoms with Gasteiger partial charge in [-0.3, -0.25) is 9.78 Å². The summed E-state index contributed by atoms with van der Waals surface area (Å²) < 4.78 is 32.6. The van der Waals surface area contributed by atoms with Crippen LogP contribution in [0.2, 0.25) is 0 Å². The van der Waals surface area contributed by atoms with Gasteiger partial charge >= 0.3 is 5.97 Å². The molecule has 0 amide bonds. The van der Waals surface area contributed by atoms with Gasteiger partial charge in [-0.05, 0) is 60.7 Å². The van der Waals surface area contributed by atoms with Gasteiger partial charge in [-0.1, -0.05) is 38.1 Å². The lowest BCUT2D eigenvalue weighted by molar-refractivity contribution is -0.156. The molecule has 1 fully saturated rings. The molecule has 2 atom stereocenters. The summed E-state index contributed by atoms with van der Waals surface area (Å²) in [5.41, 5.74) is 5.08. The zero-order chi connectivity index (χ0) is 27.7. The van der Waals surface area contributed by atoms with Crippen LogP contribution in [0.1, 0.15) is 68.7 Å². The fourth-order valence-corrected chi connectivity index (χ4v) is 5.46. The van der Waals surface area contributed by atoms with E-state index in [-0.39, 0.29) is 24.8 Å². The van der Waals surface area contributed by atoms with Crippen molar-refractivity contribution in [3.63, 3.8) is 0 Å². The number of ether oxygens (including phenoxy) is 3. The molecule has 39 heavy (non-hydrogen) atoms. The minimum absolute atomic E-state index is 0.0000113. The number of esters is 1. The number of pyridine rings is 1. The summed E-state index contributed by atoms with van der Waals surface area (Å²) in [4.78, 5) is 16.2. The van der Waals surface area contributed by atoms with E-state index in [2.05, 4.69) is 32.7 Å². The Morgan fingerprint density at radius 3 is 2.67 bits per heavy atom. The van der Waals surface area contributed by atoms with E-state index in [0.29, 0.717) is 24.3 Å². The number of aliphatic hydroxyl groups is 1. The average Bonchev–Trinajstić information content (AvgIpc) is 3.20. The van der Waals surface area contributed by atoms with Crippen molar-refractivity contribution in [3.05, 3.63) is 82.9 Å². The van der Waals surface area contributed by atoms with Crippen molar-refractivity contribution in [2.24, 2.45) is 0 Å². The average molecular weight is 532 g/mol.